The highest BCUT2D eigenvalue weighted by atomic mass is 16.3. The van der Waals surface area contributed by atoms with Gasteiger partial charge in [-0.15, -0.1) is 0 Å². The Bertz CT molecular complexity index is 1460. The second-order valence-electron chi connectivity index (χ2n) is 11.0. The number of aromatic amines is 1. The van der Waals surface area contributed by atoms with Gasteiger partial charge in [-0.1, -0.05) is 38.1 Å². The largest absolute Gasteiger partial charge is 0.394 e. The zero-order chi connectivity index (χ0) is 25.7. The smallest absolute Gasteiger partial charge is 0.162 e. The van der Waals surface area contributed by atoms with Gasteiger partial charge in [0.1, 0.15) is 5.82 Å². The molecule has 4 aromatic rings. The Labute approximate surface area is 219 Å². The third-order valence-corrected chi connectivity index (χ3v) is 8.28. The molecule has 6 rings (SSSR count). The van der Waals surface area contributed by atoms with E-state index in [1.807, 2.05) is 0 Å². The molecule has 0 amide bonds. The number of nitrogens with zero attached hydrogens (tertiary/aromatic N) is 4. The van der Waals surface area contributed by atoms with Crippen LogP contribution in [0.4, 0.5) is 11.5 Å². The van der Waals surface area contributed by atoms with Crippen molar-refractivity contribution in [3.63, 3.8) is 0 Å². The van der Waals surface area contributed by atoms with E-state index in [0.29, 0.717) is 5.92 Å². The second-order valence-corrected chi connectivity index (χ2v) is 11.0. The fourth-order valence-electron chi connectivity index (χ4n) is 6.13. The number of benzene rings is 2. The van der Waals surface area contributed by atoms with E-state index in [-0.39, 0.29) is 12.6 Å². The molecule has 1 saturated heterocycles. The van der Waals surface area contributed by atoms with Gasteiger partial charge in [-0.05, 0) is 61.4 Å². The number of H-pyrrole nitrogens is 1. The first-order chi connectivity index (χ1) is 17.9. The molecule has 37 heavy (non-hydrogen) atoms. The summed E-state index contributed by atoms with van der Waals surface area (Å²) in [7, 11) is 0. The molecule has 0 radical (unpaired) electrons. The van der Waals surface area contributed by atoms with Gasteiger partial charge < -0.3 is 19.9 Å². The molecule has 2 aliphatic rings. The van der Waals surface area contributed by atoms with Gasteiger partial charge in [0, 0.05) is 60.0 Å². The maximum Gasteiger partial charge on any atom is 0.162 e. The first kappa shape index (κ1) is 24.0. The zero-order valence-electron chi connectivity index (χ0n) is 22.4. The van der Waals surface area contributed by atoms with Gasteiger partial charge in [-0.3, -0.25) is 0 Å². The topological polar surface area (TPSA) is 68.3 Å². The second kappa shape index (κ2) is 9.49. The van der Waals surface area contributed by atoms with Gasteiger partial charge >= 0.3 is 0 Å². The maximum atomic E-state index is 10.2. The van der Waals surface area contributed by atoms with Crippen LogP contribution in [0.3, 0.4) is 0 Å². The Kier molecular flexibility index (Phi) is 6.15. The lowest BCUT2D eigenvalue weighted by Crippen LogP contribution is -2.38. The molecule has 192 valence electrons. The molecular formula is C31H37N5O. The average Bonchev–Trinajstić information content (AvgIpc) is 3.54. The summed E-state index contributed by atoms with van der Waals surface area (Å²) in [6.07, 6.45) is 5.01. The molecule has 0 saturated carbocycles. The van der Waals surface area contributed by atoms with Gasteiger partial charge in [0.2, 0.25) is 0 Å². The van der Waals surface area contributed by atoms with Gasteiger partial charge in [-0.25, -0.2) is 9.97 Å². The summed E-state index contributed by atoms with van der Waals surface area (Å²) in [6, 6.07) is 13.3. The van der Waals surface area contributed by atoms with Gasteiger partial charge in [0.05, 0.1) is 18.3 Å². The summed E-state index contributed by atoms with van der Waals surface area (Å²) in [5.74, 6) is 2.29. The molecule has 2 N–H and O–H groups in total. The number of nitrogens with one attached hydrogen (secondary N) is 1. The van der Waals surface area contributed by atoms with Crippen molar-refractivity contribution < 1.29 is 5.11 Å². The number of hydrogen-bond acceptors (Lipinski definition) is 5. The summed E-state index contributed by atoms with van der Waals surface area (Å²) >= 11 is 0. The van der Waals surface area contributed by atoms with Crippen molar-refractivity contribution in [2.45, 2.75) is 65.5 Å². The Hall–Kier alpha value is -3.38. The number of rotatable bonds is 5. The van der Waals surface area contributed by atoms with Crippen molar-refractivity contribution in [1.29, 1.82) is 0 Å². The van der Waals surface area contributed by atoms with Crippen LogP contribution in [0.2, 0.25) is 0 Å². The summed E-state index contributed by atoms with van der Waals surface area (Å²) in [6.45, 7) is 11.6. The molecule has 0 aliphatic carbocycles. The first-order valence-electron chi connectivity index (χ1n) is 13.6. The molecule has 0 bridgehead atoms. The van der Waals surface area contributed by atoms with Crippen LogP contribution in [0.5, 0.6) is 0 Å². The number of aromatic nitrogens is 3. The molecule has 6 heteroatoms. The van der Waals surface area contributed by atoms with Crippen molar-refractivity contribution in [2.24, 2.45) is 0 Å². The summed E-state index contributed by atoms with van der Waals surface area (Å²) in [5.41, 5.74) is 9.71. The van der Waals surface area contributed by atoms with E-state index in [4.69, 9.17) is 9.97 Å². The number of hydrogen-bond donors (Lipinski definition) is 2. The zero-order valence-corrected chi connectivity index (χ0v) is 22.4. The van der Waals surface area contributed by atoms with E-state index in [1.54, 1.807) is 0 Å². The Morgan fingerprint density at radius 1 is 1.08 bits per heavy atom. The highest BCUT2D eigenvalue weighted by molar-refractivity contribution is 5.96. The Morgan fingerprint density at radius 3 is 2.76 bits per heavy atom. The SMILES string of the molecule is Cc1ccc(C(C)C)cc1N1CCc2nc(-c3cccc4[nH]cc(C)c34)nc(N3CCCC3CO)c2C1. The predicted molar refractivity (Wildman–Crippen MR) is 152 cm³/mol. The van der Waals surface area contributed by atoms with Gasteiger partial charge in [0.15, 0.2) is 5.82 Å². The summed E-state index contributed by atoms with van der Waals surface area (Å²) < 4.78 is 0. The van der Waals surface area contributed by atoms with Crippen LogP contribution in [-0.2, 0) is 13.0 Å². The molecular weight excluding hydrogens is 458 g/mol. The van der Waals surface area contributed by atoms with Crippen molar-refractivity contribution in [2.75, 3.05) is 29.5 Å². The molecule has 1 atom stereocenters. The Morgan fingerprint density at radius 2 is 1.95 bits per heavy atom. The highest BCUT2D eigenvalue weighted by Crippen LogP contribution is 2.38. The Balaban J connectivity index is 1.48. The lowest BCUT2D eigenvalue weighted by Gasteiger charge is -2.35. The molecule has 1 fully saturated rings. The van der Waals surface area contributed by atoms with Crippen molar-refractivity contribution >= 4 is 22.4 Å². The molecule has 4 heterocycles. The average molecular weight is 496 g/mol. The van der Waals surface area contributed by atoms with Crippen LogP contribution in [-0.4, -0.2) is 45.8 Å². The minimum atomic E-state index is 0.109. The summed E-state index contributed by atoms with van der Waals surface area (Å²) in [5, 5.41) is 11.4. The minimum absolute atomic E-state index is 0.109. The van der Waals surface area contributed by atoms with Crippen LogP contribution in [0.15, 0.2) is 42.6 Å². The lowest BCUT2D eigenvalue weighted by molar-refractivity contribution is 0.266. The third-order valence-electron chi connectivity index (χ3n) is 8.28. The van der Waals surface area contributed by atoms with Crippen LogP contribution in [0.1, 0.15) is 60.6 Å². The van der Waals surface area contributed by atoms with E-state index in [0.717, 1.165) is 67.3 Å². The summed E-state index contributed by atoms with van der Waals surface area (Å²) in [4.78, 5) is 18.7. The number of aliphatic hydroxyl groups excluding tert-OH is 1. The van der Waals surface area contributed by atoms with E-state index in [1.165, 1.54) is 33.3 Å². The highest BCUT2D eigenvalue weighted by Gasteiger charge is 2.32. The molecule has 1 unspecified atom stereocenters. The molecule has 2 aliphatic heterocycles. The van der Waals surface area contributed by atoms with Crippen LogP contribution < -0.4 is 9.80 Å². The van der Waals surface area contributed by atoms with Crippen molar-refractivity contribution in [1.82, 2.24) is 15.0 Å². The van der Waals surface area contributed by atoms with E-state index in [2.05, 4.69) is 85.1 Å². The quantitative estimate of drug-likeness (QED) is 0.361. The van der Waals surface area contributed by atoms with Gasteiger partial charge in [0.25, 0.3) is 0 Å². The van der Waals surface area contributed by atoms with Gasteiger partial charge in [-0.2, -0.15) is 0 Å². The normalized spacial score (nSPS) is 17.7. The number of aryl methyl sites for hydroxylation is 2. The minimum Gasteiger partial charge on any atom is -0.394 e. The predicted octanol–water partition coefficient (Wildman–Crippen LogP) is 5.89. The van der Waals surface area contributed by atoms with E-state index in [9.17, 15) is 5.11 Å². The van der Waals surface area contributed by atoms with E-state index < -0.39 is 0 Å². The van der Waals surface area contributed by atoms with Crippen LogP contribution >= 0.6 is 0 Å². The molecule has 0 spiro atoms. The lowest BCUT2D eigenvalue weighted by atomic mass is 9.98. The number of anilines is 2. The van der Waals surface area contributed by atoms with Crippen molar-refractivity contribution in [3.05, 3.63) is 70.5 Å². The number of fused-ring (bicyclic) bond motifs is 2. The number of aliphatic hydroxyl groups is 1. The third kappa shape index (κ3) is 4.17. The fourth-order valence-corrected chi connectivity index (χ4v) is 6.13. The maximum absolute atomic E-state index is 10.2. The van der Waals surface area contributed by atoms with E-state index >= 15 is 0 Å². The molecule has 6 nitrogen and oxygen atoms in total. The fraction of sp³-hybridized carbons (Fsp3) is 0.419. The van der Waals surface area contributed by atoms with Crippen molar-refractivity contribution in [3.8, 4) is 11.4 Å². The van der Waals surface area contributed by atoms with Crippen LogP contribution in [0.25, 0.3) is 22.3 Å². The molecule has 2 aromatic carbocycles. The monoisotopic (exact) mass is 495 g/mol. The first-order valence-corrected chi connectivity index (χ1v) is 13.6. The molecule has 2 aromatic heterocycles. The standard InChI is InChI=1S/C31H37N5O/c1-19(2)22-11-10-20(3)28(15-22)35-14-12-26-25(17-35)31(36-13-6-7-23(36)18-37)34-30(33-26)24-8-5-9-27-29(24)21(4)16-32-27/h5,8-11,15-16,19,23,32,37H,6-7,12-14,17-18H2,1-4H3. The van der Waals surface area contributed by atoms with Crippen LogP contribution in [0, 0.1) is 13.8 Å².